The van der Waals surface area contributed by atoms with E-state index in [4.69, 9.17) is 10.1 Å². The van der Waals surface area contributed by atoms with E-state index in [2.05, 4.69) is 41.4 Å². The first-order chi connectivity index (χ1) is 21.2. The Kier molecular flexibility index (Phi) is 11.2. The number of hydrogen-bond donors (Lipinski definition) is 2. The van der Waals surface area contributed by atoms with Gasteiger partial charge in [0.1, 0.15) is 0 Å². The monoisotopic (exact) mass is 633 g/mol. The molecule has 1 heterocycles. The lowest BCUT2D eigenvalue weighted by Crippen LogP contribution is -2.51. The van der Waals surface area contributed by atoms with Gasteiger partial charge in [0, 0.05) is 30.3 Å². The van der Waals surface area contributed by atoms with Gasteiger partial charge in [-0.25, -0.2) is 0 Å². The van der Waals surface area contributed by atoms with Crippen LogP contribution < -0.4 is 5.32 Å². The molecule has 3 aromatic rings. The Morgan fingerprint density at radius 1 is 0.889 bits per heavy atom. The summed E-state index contributed by atoms with van der Waals surface area (Å²) in [5, 5.41) is 12.6. The fourth-order valence-electron chi connectivity index (χ4n) is 6.14. The summed E-state index contributed by atoms with van der Waals surface area (Å²) in [7, 11) is 0. The number of benzene rings is 3. The third kappa shape index (κ3) is 8.95. The second kappa shape index (κ2) is 14.5. The number of hydrogen-bond acceptors (Lipinski definition) is 4. The Morgan fingerprint density at radius 2 is 1.51 bits per heavy atom. The third-order valence-corrected chi connectivity index (χ3v) is 8.81. The molecule has 0 radical (unpaired) electrons. The van der Waals surface area contributed by atoms with Crippen LogP contribution in [-0.4, -0.2) is 43.4 Å². The molecule has 1 unspecified atom stereocenters. The van der Waals surface area contributed by atoms with Gasteiger partial charge in [0.2, 0.25) is 0 Å². The maximum absolute atomic E-state index is 13.3. The number of alkyl halides is 6. The number of piperidine rings is 1. The Balaban J connectivity index is 1.44. The average molecular weight is 634 g/mol. The lowest BCUT2D eigenvalue weighted by molar-refractivity contribution is -0.143. The van der Waals surface area contributed by atoms with E-state index in [-0.39, 0.29) is 35.4 Å². The van der Waals surface area contributed by atoms with Gasteiger partial charge in [-0.05, 0) is 92.2 Å². The van der Waals surface area contributed by atoms with Gasteiger partial charge in [-0.3, -0.25) is 0 Å². The van der Waals surface area contributed by atoms with E-state index >= 15 is 0 Å². The number of rotatable bonds is 12. The molecule has 0 spiro atoms. The van der Waals surface area contributed by atoms with E-state index in [0.29, 0.717) is 18.6 Å². The molecule has 1 aliphatic heterocycles. The molecule has 244 valence electrons. The van der Waals surface area contributed by atoms with E-state index in [1.54, 1.807) is 0 Å². The third-order valence-electron chi connectivity index (χ3n) is 8.81. The van der Waals surface area contributed by atoms with Crippen LogP contribution in [0.3, 0.4) is 0 Å². The lowest BCUT2D eigenvalue weighted by Gasteiger charge is -2.43. The van der Waals surface area contributed by atoms with Gasteiger partial charge in [0.25, 0.3) is 0 Å². The molecule has 0 amide bonds. The zero-order chi connectivity index (χ0) is 32.8. The van der Waals surface area contributed by atoms with Crippen molar-refractivity contribution in [3.63, 3.8) is 0 Å². The molecule has 4 nitrogen and oxygen atoms in total. The summed E-state index contributed by atoms with van der Waals surface area (Å²) in [5.41, 5.74) is 1.53. The van der Waals surface area contributed by atoms with Crippen molar-refractivity contribution < 1.29 is 31.1 Å². The minimum atomic E-state index is -4.93. The van der Waals surface area contributed by atoms with Crippen molar-refractivity contribution in [2.45, 2.75) is 70.4 Å². The standard InChI is InChI=1S/C35H41F6N3O/c1-4-43-33(28-8-6-5-7-9-28)13-16-44(17-14-33)15-12-31(27-11-10-24(2)25(3)18-27)32(42)23-45-22-26-19-29(34(36,37)38)21-30(20-26)35(39,40)41/h5-11,18-21,31,42-43H,4,12-17,22-23H2,1-3H3. The molecule has 0 aliphatic carbocycles. The first-order valence-electron chi connectivity index (χ1n) is 15.3. The number of halogens is 6. The number of likely N-dealkylation sites (tertiary alicyclic amines) is 1. The van der Waals surface area contributed by atoms with Crippen LogP contribution >= 0.6 is 0 Å². The zero-order valence-corrected chi connectivity index (χ0v) is 25.9. The van der Waals surface area contributed by atoms with Crippen molar-refractivity contribution in [2.24, 2.45) is 0 Å². The van der Waals surface area contributed by atoms with Crippen LogP contribution in [0.2, 0.25) is 0 Å². The summed E-state index contributed by atoms with van der Waals surface area (Å²) < 4.78 is 85.4. The van der Waals surface area contributed by atoms with Crippen molar-refractivity contribution in [1.29, 1.82) is 5.41 Å². The van der Waals surface area contributed by atoms with Crippen LogP contribution in [0.5, 0.6) is 0 Å². The van der Waals surface area contributed by atoms with Gasteiger partial charge in [0.05, 0.1) is 24.3 Å². The predicted molar refractivity (Wildman–Crippen MR) is 165 cm³/mol. The highest BCUT2D eigenvalue weighted by atomic mass is 19.4. The molecule has 10 heteroatoms. The van der Waals surface area contributed by atoms with Crippen LogP contribution in [0.1, 0.15) is 71.0 Å². The average Bonchev–Trinajstić information content (AvgIpc) is 2.99. The Labute approximate surface area is 261 Å². The summed E-state index contributed by atoms with van der Waals surface area (Å²) in [5.74, 6) is -0.314. The predicted octanol–water partition coefficient (Wildman–Crippen LogP) is 8.65. The maximum Gasteiger partial charge on any atom is 0.416 e. The number of aryl methyl sites for hydroxylation is 2. The normalized spacial score (nSPS) is 16.5. The molecule has 1 aliphatic rings. The molecule has 0 aromatic heterocycles. The zero-order valence-electron chi connectivity index (χ0n) is 25.9. The topological polar surface area (TPSA) is 48.4 Å². The van der Waals surface area contributed by atoms with Gasteiger partial charge in [-0.15, -0.1) is 0 Å². The highest BCUT2D eigenvalue weighted by molar-refractivity contribution is 5.89. The smallest absolute Gasteiger partial charge is 0.371 e. The van der Waals surface area contributed by atoms with E-state index < -0.39 is 30.1 Å². The number of nitrogens with one attached hydrogen (secondary N) is 2. The first-order valence-corrected chi connectivity index (χ1v) is 15.3. The summed E-state index contributed by atoms with van der Waals surface area (Å²) in [6.45, 7) is 8.77. The summed E-state index contributed by atoms with van der Waals surface area (Å²) in [6.07, 6.45) is -7.35. The van der Waals surface area contributed by atoms with E-state index in [0.717, 1.165) is 55.7 Å². The van der Waals surface area contributed by atoms with Crippen LogP contribution in [-0.2, 0) is 29.2 Å². The van der Waals surface area contributed by atoms with Crippen molar-refractivity contribution >= 4 is 5.71 Å². The number of ether oxygens (including phenoxy) is 1. The minimum Gasteiger partial charge on any atom is -0.371 e. The SMILES string of the molecule is CCNC1(c2ccccc2)CCN(CCC(C(=N)COCc2cc(C(F)(F)F)cc(C(F)(F)F)c2)c2ccc(C)c(C)c2)CC1. The van der Waals surface area contributed by atoms with Gasteiger partial charge in [-0.2, -0.15) is 26.3 Å². The summed E-state index contributed by atoms with van der Waals surface area (Å²) >= 11 is 0. The van der Waals surface area contributed by atoms with Crippen molar-refractivity contribution in [3.05, 3.63) is 106 Å². The maximum atomic E-state index is 13.3. The Morgan fingerprint density at radius 3 is 2.07 bits per heavy atom. The first kappa shape index (κ1) is 34.7. The molecule has 1 atom stereocenters. The number of nitrogens with zero attached hydrogens (tertiary/aromatic N) is 1. The molecule has 45 heavy (non-hydrogen) atoms. The van der Waals surface area contributed by atoms with Gasteiger partial charge < -0.3 is 20.4 Å². The Hall–Kier alpha value is -3.21. The molecule has 2 N–H and O–H groups in total. The molecular formula is C35H41F6N3O. The van der Waals surface area contributed by atoms with E-state index in [9.17, 15) is 26.3 Å². The summed E-state index contributed by atoms with van der Waals surface area (Å²) in [4.78, 5) is 2.39. The Bertz CT molecular complexity index is 1400. The van der Waals surface area contributed by atoms with Crippen molar-refractivity contribution in [3.8, 4) is 0 Å². The highest BCUT2D eigenvalue weighted by Crippen LogP contribution is 2.37. The molecule has 3 aromatic carbocycles. The van der Waals surface area contributed by atoms with Gasteiger partial charge in [0.15, 0.2) is 0 Å². The largest absolute Gasteiger partial charge is 0.416 e. The molecule has 4 rings (SSSR count). The van der Waals surface area contributed by atoms with Crippen LogP contribution in [0.25, 0.3) is 0 Å². The van der Waals surface area contributed by atoms with Crippen LogP contribution in [0.15, 0.2) is 66.7 Å². The van der Waals surface area contributed by atoms with Crippen LogP contribution in [0.4, 0.5) is 26.3 Å². The molecule has 0 saturated carbocycles. The molecule has 1 fully saturated rings. The van der Waals surface area contributed by atoms with Crippen molar-refractivity contribution in [1.82, 2.24) is 10.2 Å². The fraction of sp³-hybridized carbons (Fsp3) is 0.457. The second-order valence-electron chi connectivity index (χ2n) is 11.9. The fourth-order valence-corrected chi connectivity index (χ4v) is 6.14. The quantitative estimate of drug-likeness (QED) is 0.155. The van der Waals surface area contributed by atoms with E-state index in [1.807, 2.05) is 38.1 Å². The second-order valence-corrected chi connectivity index (χ2v) is 11.9. The minimum absolute atomic E-state index is 0.0874. The molecule has 0 bridgehead atoms. The summed E-state index contributed by atoms with van der Waals surface area (Å²) in [6, 6.07) is 17.9. The molecular weight excluding hydrogens is 592 g/mol. The molecule has 1 saturated heterocycles. The highest BCUT2D eigenvalue weighted by Gasteiger charge is 2.37. The van der Waals surface area contributed by atoms with Gasteiger partial charge in [-0.1, -0.05) is 55.5 Å². The van der Waals surface area contributed by atoms with E-state index in [1.165, 1.54) is 5.56 Å². The van der Waals surface area contributed by atoms with Crippen molar-refractivity contribution in [2.75, 3.05) is 32.8 Å². The van der Waals surface area contributed by atoms with Gasteiger partial charge >= 0.3 is 12.4 Å². The lowest BCUT2D eigenvalue weighted by atomic mass is 9.80. The van der Waals surface area contributed by atoms with Crippen LogP contribution in [0, 0.1) is 19.3 Å².